The molecular weight excluding hydrogens is 171 g/mol. The Kier molecular flexibility index (Phi) is 2.16. The minimum Gasteiger partial charge on any atom is -0.493 e. The standard InChI is InChI=1S/C9H11FN2O/c10-6-1-2-9-7(5-6)8(12-11)3-4-13-9/h1-2,5,8,12H,3-4,11H2. The van der Waals surface area contributed by atoms with Gasteiger partial charge in [-0.2, -0.15) is 0 Å². The molecule has 1 aliphatic rings. The molecule has 1 unspecified atom stereocenters. The van der Waals surface area contributed by atoms with Gasteiger partial charge in [0.25, 0.3) is 0 Å². The second kappa shape index (κ2) is 3.32. The van der Waals surface area contributed by atoms with E-state index in [0.29, 0.717) is 6.61 Å². The number of hydrazine groups is 1. The zero-order valence-corrected chi connectivity index (χ0v) is 7.09. The Hall–Kier alpha value is -1.13. The van der Waals surface area contributed by atoms with E-state index >= 15 is 0 Å². The fourth-order valence-electron chi connectivity index (χ4n) is 1.54. The van der Waals surface area contributed by atoms with Gasteiger partial charge >= 0.3 is 0 Å². The van der Waals surface area contributed by atoms with Gasteiger partial charge in [-0.05, 0) is 18.2 Å². The van der Waals surface area contributed by atoms with Gasteiger partial charge in [0.05, 0.1) is 12.6 Å². The smallest absolute Gasteiger partial charge is 0.124 e. The van der Waals surface area contributed by atoms with E-state index < -0.39 is 0 Å². The molecule has 1 aromatic carbocycles. The molecule has 0 bridgehead atoms. The highest BCUT2D eigenvalue weighted by Gasteiger charge is 2.20. The molecule has 0 fully saturated rings. The van der Waals surface area contributed by atoms with Crippen LogP contribution in [0.1, 0.15) is 18.0 Å². The van der Waals surface area contributed by atoms with Crippen molar-refractivity contribution < 1.29 is 9.13 Å². The number of fused-ring (bicyclic) bond motifs is 1. The monoisotopic (exact) mass is 182 g/mol. The third kappa shape index (κ3) is 1.50. The number of nitrogens with two attached hydrogens (primary N) is 1. The van der Waals surface area contributed by atoms with Crippen LogP contribution in [0.2, 0.25) is 0 Å². The first-order chi connectivity index (χ1) is 6.31. The highest BCUT2D eigenvalue weighted by atomic mass is 19.1. The summed E-state index contributed by atoms with van der Waals surface area (Å²) in [6.07, 6.45) is 0.771. The number of nitrogens with one attached hydrogen (secondary N) is 1. The molecular formula is C9H11FN2O. The second-order valence-corrected chi connectivity index (χ2v) is 3.04. The predicted octanol–water partition coefficient (Wildman–Crippen LogP) is 1.11. The van der Waals surface area contributed by atoms with Crippen LogP contribution >= 0.6 is 0 Å². The van der Waals surface area contributed by atoms with Crippen molar-refractivity contribution in [3.8, 4) is 5.75 Å². The van der Waals surface area contributed by atoms with E-state index in [-0.39, 0.29) is 11.9 Å². The Morgan fingerprint density at radius 2 is 2.38 bits per heavy atom. The van der Waals surface area contributed by atoms with Crippen molar-refractivity contribution in [1.29, 1.82) is 0 Å². The maximum Gasteiger partial charge on any atom is 0.124 e. The van der Waals surface area contributed by atoms with Gasteiger partial charge in [-0.1, -0.05) is 0 Å². The largest absolute Gasteiger partial charge is 0.493 e. The Morgan fingerprint density at radius 1 is 1.54 bits per heavy atom. The van der Waals surface area contributed by atoms with E-state index in [2.05, 4.69) is 5.43 Å². The van der Waals surface area contributed by atoms with Crippen LogP contribution in [-0.2, 0) is 0 Å². The number of rotatable bonds is 1. The fraction of sp³-hybridized carbons (Fsp3) is 0.333. The molecule has 0 spiro atoms. The molecule has 0 aromatic heterocycles. The van der Waals surface area contributed by atoms with Gasteiger partial charge in [-0.25, -0.2) is 4.39 Å². The van der Waals surface area contributed by atoms with Gasteiger partial charge in [0.1, 0.15) is 11.6 Å². The van der Waals surface area contributed by atoms with Crippen LogP contribution in [0, 0.1) is 5.82 Å². The Morgan fingerprint density at radius 3 is 3.15 bits per heavy atom. The summed E-state index contributed by atoms with van der Waals surface area (Å²) in [6.45, 7) is 0.619. The van der Waals surface area contributed by atoms with E-state index in [4.69, 9.17) is 10.6 Å². The van der Waals surface area contributed by atoms with Crippen LogP contribution in [0.15, 0.2) is 18.2 Å². The average Bonchev–Trinajstić information content (AvgIpc) is 2.17. The molecule has 2 rings (SSSR count). The maximum atomic E-state index is 12.9. The van der Waals surface area contributed by atoms with Crippen molar-refractivity contribution in [2.45, 2.75) is 12.5 Å². The van der Waals surface area contributed by atoms with Crippen LogP contribution in [0.4, 0.5) is 4.39 Å². The first kappa shape index (κ1) is 8.47. The number of benzene rings is 1. The summed E-state index contributed by atoms with van der Waals surface area (Å²) in [4.78, 5) is 0. The molecule has 3 N–H and O–H groups in total. The highest BCUT2D eigenvalue weighted by molar-refractivity contribution is 5.37. The fourth-order valence-corrected chi connectivity index (χ4v) is 1.54. The van der Waals surface area contributed by atoms with Crippen LogP contribution in [0.3, 0.4) is 0 Å². The molecule has 1 heterocycles. The summed E-state index contributed by atoms with van der Waals surface area (Å²) in [5.41, 5.74) is 3.44. The molecule has 1 aliphatic heterocycles. The zero-order chi connectivity index (χ0) is 9.26. The highest BCUT2D eigenvalue weighted by Crippen LogP contribution is 2.31. The molecule has 1 aromatic rings. The first-order valence-electron chi connectivity index (χ1n) is 4.19. The molecule has 3 nitrogen and oxygen atoms in total. The van der Waals surface area contributed by atoms with Crippen molar-refractivity contribution >= 4 is 0 Å². The molecule has 4 heteroatoms. The molecule has 1 atom stereocenters. The topological polar surface area (TPSA) is 47.3 Å². The normalized spacial score (nSPS) is 20.6. The molecule has 0 radical (unpaired) electrons. The molecule has 13 heavy (non-hydrogen) atoms. The van der Waals surface area contributed by atoms with Crippen molar-refractivity contribution in [2.24, 2.45) is 5.84 Å². The lowest BCUT2D eigenvalue weighted by molar-refractivity contribution is 0.253. The number of hydrogen-bond acceptors (Lipinski definition) is 3. The van der Waals surface area contributed by atoms with E-state index in [1.165, 1.54) is 12.1 Å². The summed E-state index contributed by atoms with van der Waals surface area (Å²) in [7, 11) is 0. The van der Waals surface area contributed by atoms with E-state index in [9.17, 15) is 4.39 Å². The van der Waals surface area contributed by atoms with Crippen molar-refractivity contribution in [2.75, 3.05) is 6.61 Å². The summed E-state index contributed by atoms with van der Waals surface area (Å²) in [6, 6.07) is 4.48. The number of halogens is 1. The molecule has 0 amide bonds. The van der Waals surface area contributed by atoms with Crippen LogP contribution < -0.4 is 16.0 Å². The van der Waals surface area contributed by atoms with E-state index in [1.54, 1.807) is 6.07 Å². The van der Waals surface area contributed by atoms with Gasteiger partial charge in [-0.3, -0.25) is 11.3 Å². The van der Waals surface area contributed by atoms with Crippen molar-refractivity contribution in [1.82, 2.24) is 5.43 Å². The second-order valence-electron chi connectivity index (χ2n) is 3.04. The Labute approximate surface area is 75.7 Å². The first-order valence-corrected chi connectivity index (χ1v) is 4.19. The third-order valence-corrected chi connectivity index (χ3v) is 2.21. The van der Waals surface area contributed by atoms with Crippen LogP contribution in [-0.4, -0.2) is 6.61 Å². The lowest BCUT2D eigenvalue weighted by atomic mass is 10.0. The lowest BCUT2D eigenvalue weighted by Crippen LogP contribution is -2.32. The van der Waals surface area contributed by atoms with Crippen LogP contribution in [0.5, 0.6) is 5.75 Å². The third-order valence-electron chi connectivity index (χ3n) is 2.21. The van der Waals surface area contributed by atoms with Gasteiger partial charge in [0.15, 0.2) is 0 Å². The van der Waals surface area contributed by atoms with Gasteiger partial charge in [0, 0.05) is 12.0 Å². The Balaban J connectivity index is 2.41. The quantitative estimate of drug-likeness (QED) is 0.505. The average molecular weight is 182 g/mol. The maximum absolute atomic E-state index is 12.9. The molecule has 0 saturated carbocycles. The van der Waals surface area contributed by atoms with E-state index in [1.807, 2.05) is 0 Å². The van der Waals surface area contributed by atoms with Crippen molar-refractivity contribution in [3.63, 3.8) is 0 Å². The number of ether oxygens (including phenoxy) is 1. The number of hydrogen-bond donors (Lipinski definition) is 2. The minimum absolute atomic E-state index is 0.000509. The lowest BCUT2D eigenvalue weighted by Gasteiger charge is -2.24. The molecule has 0 saturated heterocycles. The van der Waals surface area contributed by atoms with Gasteiger partial charge in [-0.15, -0.1) is 0 Å². The van der Waals surface area contributed by atoms with E-state index in [0.717, 1.165) is 17.7 Å². The van der Waals surface area contributed by atoms with Crippen LogP contribution in [0.25, 0.3) is 0 Å². The van der Waals surface area contributed by atoms with Crippen molar-refractivity contribution in [3.05, 3.63) is 29.6 Å². The SMILES string of the molecule is NNC1CCOc2ccc(F)cc21. The summed E-state index contributed by atoms with van der Waals surface area (Å²) in [5.74, 6) is 5.80. The zero-order valence-electron chi connectivity index (χ0n) is 7.09. The molecule has 70 valence electrons. The Bertz CT molecular complexity index is 316. The minimum atomic E-state index is -0.260. The van der Waals surface area contributed by atoms with Gasteiger partial charge < -0.3 is 4.74 Å². The summed E-state index contributed by atoms with van der Waals surface area (Å²) < 4.78 is 18.2. The summed E-state index contributed by atoms with van der Waals surface area (Å²) in [5, 5.41) is 0. The predicted molar refractivity (Wildman–Crippen MR) is 46.6 cm³/mol. The van der Waals surface area contributed by atoms with Gasteiger partial charge in [0.2, 0.25) is 0 Å². The summed E-state index contributed by atoms with van der Waals surface area (Å²) >= 11 is 0. The molecule has 0 aliphatic carbocycles.